The number of unbranched alkanes of at least 4 members (excludes halogenated alkanes) is 2. The van der Waals surface area contributed by atoms with Gasteiger partial charge in [-0.3, -0.25) is 9.59 Å². The highest BCUT2D eigenvalue weighted by Gasteiger charge is 2.49. The number of esters is 1. The minimum atomic E-state index is -0.525. The van der Waals surface area contributed by atoms with E-state index in [9.17, 15) is 14.4 Å². The molecule has 71 heavy (non-hydrogen) atoms. The van der Waals surface area contributed by atoms with Crippen LogP contribution in [0.3, 0.4) is 0 Å². The van der Waals surface area contributed by atoms with Gasteiger partial charge in [0, 0.05) is 33.7 Å². The summed E-state index contributed by atoms with van der Waals surface area (Å²) in [6.45, 7) is 5.65. The Morgan fingerprint density at radius 3 is 1.62 bits per heavy atom. The maximum Gasteiger partial charge on any atom is 0.336 e. The number of fused-ring (bicyclic) bond motifs is 4. The van der Waals surface area contributed by atoms with Crippen LogP contribution in [-0.4, -0.2) is 51.8 Å². The predicted molar refractivity (Wildman–Crippen MR) is 276 cm³/mol. The van der Waals surface area contributed by atoms with E-state index in [0.29, 0.717) is 70.0 Å². The number of amides is 2. The molecule has 0 heterocycles. The predicted octanol–water partition coefficient (Wildman–Crippen LogP) is 12.4. The van der Waals surface area contributed by atoms with Gasteiger partial charge in [-0.15, -0.1) is 0 Å². The Morgan fingerprint density at radius 1 is 0.592 bits per heavy atom. The van der Waals surface area contributed by atoms with E-state index in [1.165, 1.54) is 18.7 Å². The molecule has 1 atom stereocenters. The summed E-state index contributed by atoms with van der Waals surface area (Å²) in [5.74, 6) is 2.48. The third-order valence-corrected chi connectivity index (χ3v) is 12.8. The molecule has 2 aliphatic carbocycles. The summed E-state index contributed by atoms with van der Waals surface area (Å²) in [6, 6.07) is 36.8. The van der Waals surface area contributed by atoms with Crippen molar-refractivity contribution in [2.45, 2.75) is 70.6 Å². The van der Waals surface area contributed by atoms with Crippen LogP contribution < -0.4 is 39.2 Å². The first-order chi connectivity index (χ1) is 34.7. The Morgan fingerprint density at radius 2 is 1.10 bits per heavy atom. The minimum Gasteiger partial charge on any atom is -0.495 e. The first kappa shape index (κ1) is 49.6. The molecule has 0 radical (unpaired) electrons. The molecule has 0 saturated carbocycles. The average molecular weight is 957 g/mol. The zero-order valence-corrected chi connectivity index (χ0v) is 40.7. The highest BCUT2D eigenvalue weighted by Crippen LogP contribution is 2.57. The van der Waals surface area contributed by atoms with Crippen LogP contribution in [0.25, 0.3) is 12.2 Å². The van der Waals surface area contributed by atoms with Crippen LogP contribution in [0.15, 0.2) is 133 Å². The van der Waals surface area contributed by atoms with E-state index in [2.05, 4.69) is 36.6 Å². The van der Waals surface area contributed by atoms with Crippen molar-refractivity contribution in [2.24, 2.45) is 0 Å². The molecule has 6 aromatic carbocycles. The lowest BCUT2D eigenvalue weighted by Gasteiger charge is -2.29. The van der Waals surface area contributed by atoms with Gasteiger partial charge < -0.3 is 39.2 Å². The first-order valence-corrected chi connectivity index (χ1v) is 24.3. The zero-order valence-electron chi connectivity index (χ0n) is 40.7. The first-order valence-electron chi connectivity index (χ1n) is 24.3. The molecule has 2 N–H and O–H groups in total. The Labute approximate surface area is 415 Å². The van der Waals surface area contributed by atoms with Crippen molar-refractivity contribution < 1.29 is 47.8 Å². The van der Waals surface area contributed by atoms with Gasteiger partial charge in [-0.25, -0.2) is 4.79 Å². The number of carbonyl (C=O) groups is 3. The number of rotatable bonds is 22. The average Bonchev–Trinajstić information content (AvgIpc) is 3.97. The number of anilines is 2. The summed E-state index contributed by atoms with van der Waals surface area (Å²) in [7, 11) is 3.09. The van der Waals surface area contributed by atoms with Gasteiger partial charge in [0.1, 0.15) is 35.4 Å². The Kier molecular flexibility index (Phi) is 16.5. The van der Waals surface area contributed by atoms with Crippen LogP contribution in [0.5, 0.6) is 34.5 Å². The Hall–Kier alpha value is -7.83. The lowest BCUT2D eigenvalue weighted by molar-refractivity contribution is -0.196. The summed E-state index contributed by atoms with van der Waals surface area (Å²) in [4.78, 5) is 51.6. The molecule has 1 spiro atoms. The lowest BCUT2D eigenvalue weighted by Crippen LogP contribution is -2.24. The van der Waals surface area contributed by atoms with Crippen molar-refractivity contribution in [3.8, 4) is 34.5 Å². The number of aryl methyl sites for hydroxylation is 2. The Bertz CT molecular complexity index is 2890. The van der Waals surface area contributed by atoms with Gasteiger partial charge >= 0.3 is 5.97 Å². The molecule has 8 rings (SSSR count). The van der Waals surface area contributed by atoms with Crippen LogP contribution >= 0.6 is 0 Å². The highest BCUT2D eigenvalue weighted by atomic mass is 17.2. The van der Waals surface area contributed by atoms with Gasteiger partial charge in [-0.2, -0.15) is 4.89 Å². The summed E-state index contributed by atoms with van der Waals surface area (Å²) in [5, 5.41) is 5.86. The molecule has 0 bridgehead atoms. The quantitative estimate of drug-likeness (QED) is 0.0169. The minimum absolute atomic E-state index is 0.161. The molecule has 0 saturated heterocycles. The smallest absolute Gasteiger partial charge is 0.336 e. The molecule has 6 aromatic rings. The van der Waals surface area contributed by atoms with Gasteiger partial charge in [-0.05, 0) is 152 Å². The standard InChI is InChI=1S/C59H60N2O10/c1-5-7-35-67-46-24-20-44(21-25-46)57(63)60-48-28-17-40(38-52(48)65-3)12-11-37-69-71-51-16-10-14-43-32-34-59(56(43)51)33-31-42-13-9-15-50(55(42)59)70-54(62)30-19-41-18-29-49(53(39-41)66-4)61-58(64)45-22-26-47(27-23-45)68-36-8-6-2/h9-30,38-39H,5-8,31-37H2,1-4H3,(H,60,63)(H,61,64). The van der Waals surface area contributed by atoms with Crippen LogP contribution in [0.1, 0.15) is 106 Å². The zero-order chi connectivity index (χ0) is 49.6. The topological polar surface area (TPSA) is 140 Å². The van der Waals surface area contributed by atoms with Gasteiger partial charge in [0.2, 0.25) is 0 Å². The van der Waals surface area contributed by atoms with Gasteiger partial charge in [0.05, 0.1) is 38.8 Å². The van der Waals surface area contributed by atoms with E-state index >= 15 is 0 Å². The van der Waals surface area contributed by atoms with Crippen LogP contribution in [0.2, 0.25) is 0 Å². The van der Waals surface area contributed by atoms with E-state index in [0.717, 1.165) is 79.4 Å². The molecular weight excluding hydrogens is 897 g/mol. The molecular formula is C59H60N2O10. The van der Waals surface area contributed by atoms with Crippen molar-refractivity contribution >= 4 is 41.3 Å². The number of nitrogens with one attached hydrogen (secondary N) is 2. The van der Waals surface area contributed by atoms with Crippen molar-refractivity contribution in [3.05, 3.63) is 178 Å². The van der Waals surface area contributed by atoms with Gasteiger partial charge in [0.15, 0.2) is 5.75 Å². The molecule has 2 aliphatic rings. The monoisotopic (exact) mass is 956 g/mol. The molecule has 366 valence electrons. The van der Waals surface area contributed by atoms with Crippen molar-refractivity contribution in [3.63, 3.8) is 0 Å². The maximum atomic E-state index is 13.5. The van der Waals surface area contributed by atoms with Crippen LogP contribution in [0, 0.1) is 0 Å². The largest absolute Gasteiger partial charge is 0.495 e. The Balaban J connectivity index is 0.883. The van der Waals surface area contributed by atoms with E-state index in [1.54, 1.807) is 86.0 Å². The fourth-order valence-electron chi connectivity index (χ4n) is 9.18. The summed E-state index contributed by atoms with van der Waals surface area (Å²) in [5.41, 5.74) is 7.48. The van der Waals surface area contributed by atoms with Crippen LogP contribution in [-0.2, 0) is 27.9 Å². The molecule has 2 amide bonds. The number of carbonyl (C=O) groups excluding carboxylic acids is 3. The number of benzene rings is 6. The lowest BCUT2D eigenvalue weighted by atomic mass is 9.76. The van der Waals surface area contributed by atoms with Gasteiger partial charge in [-0.1, -0.05) is 75.2 Å². The molecule has 12 heteroatoms. The summed E-state index contributed by atoms with van der Waals surface area (Å²) >= 11 is 0. The third-order valence-electron chi connectivity index (χ3n) is 12.8. The van der Waals surface area contributed by atoms with Crippen molar-refractivity contribution in [1.82, 2.24) is 0 Å². The van der Waals surface area contributed by atoms with Crippen LogP contribution in [0.4, 0.5) is 11.4 Å². The van der Waals surface area contributed by atoms with E-state index < -0.39 is 11.4 Å². The normalized spacial score (nSPS) is 14.5. The molecule has 1 unspecified atom stereocenters. The maximum absolute atomic E-state index is 13.5. The molecule has 0 fully saturated rings. The summed E-state index contributed by atoms with van der Waals surface area (Å²) in [6.07, 6.45) is 14.2. The second-order valence-electron chi connectivity index (χ2n) is 17.5. The fourth-order valence-corrected chi connectivity index (χ4v) is 9.18. The summed E-state index contributed by atoms with van der Waals surface area (Å²) < 4.78 is 28.8. The molecule has 0 aliphatic heterocycles. The number of methoxy groups -OCH3 is 2. The second-order valence-corrected chi connectivity index (χ2v) is 17.5. The van der Waals surface area contributed by atoms with E-state index in [1.807, 2.05) is 48.6 Å². The van der Waals surface area contributed by atoms with Crippen molar-refractivity contribution in [1.29, 1.82) is 0 Å². The van der Waals surface area contributed by atoms with E-state index in [-0.39, 0.29) is 18.4 Å². The van der Waals surface area contributed by atoms with E-state index in [4.69, 9.17) is 33.5 Å². The van der Waals surface area contributed by atoms with Gasteiger partial charge in [0.25, 0.3) is 11.8 Å². The second kappa shape index (κ2) is 23.7. The molecule has 0 aromatic heterocycles. The third kappa shape index (κ3) is 12.0. The SMILES string of the molecule is CCCCOc1ccc(C(=O)Nc2ccc(C=CCOOc3cccc4c3C3(CC4)CCc4cccc(OC(=O)C=Cc5ccc(NC(=O)c6ccc(OCCCC)cc6)c(OC)c5)c43)cc2OC)cc1. The highest BCUT2D eigenvalue weighted by molar-refractivity contribution is 6.06. The number of hydrogen-bond acceptors (Lipinski definition) is 10. The number of hydrogen-bond donors (Lipinski definition) is 2. The fraction of sp³-hybridized carbons (Fsp3) is 0.271. The molecule has 12 nitrogen and oxygen atoms in total. The van der Waals surface area contributed by atoms with Crippen molar-refractivity contribution in [2.75, 3.05) is 44.7 Å². The number of ether oxygens (including phenoxy) is 5.